The van der Waals surface area contributed by atoms with Gasteiger partial charge in [-0.25, -0.2) is 0 Å². The molecule has 1 amide bonds. The van der Waals surface area contributed by atoms with Crippen LogP contribution >= 0.6 is 22.6 Å². The third kappa shape index (κ3) is 3.26. The lowest BCUT2D eigenvalue weighted by molar-refractivity contribution is 0.102. The number of nitrogens with two attached hydrogens (primary N) is 1. The number of halogens is 1. The van der Waals surface area contributed by atoms with Crippen molar-refractivity contribution in [3.05, 3.63) is 56.7 Å². The van der Waals surface area contributed by atoms with Gasteiger partial charge in [0.05, 0.1) is 5.56 Å². The molecule has 4 heteroatoms. The number of hydrogen-bond acceptors (Lipinski definition) is 2. The zero-order chi connectivity index (χ0) is 14.0. The molecule has 0 heterocycles. The molecule has 0 aliphatic heterocycles. The monoisotopic (exact) mass is 366 g/mol. The molecule has 0 fully saturated rings. The lowest BCUT2D eigenvalue weighted by atomic mass is 10.1. The van der Waals surface area contributed by atoms with Gasteiger partial charge in [0.25, 0.3) is 5.91 Å². The summed E-state index contributed by atoms with van der Waals surface area (Å²) in [6.45, 7) is 3.91. The summed E-state index contributed by atoms with van der Waals surface area (Å²) in [6, 6.07) is 11.3. The van der Waals surface area contributed by atoms with E-state index in [-0.39, 0.29) is 5.91 Å². The minimum atomic E-state index is -0.175. The number of amides is 1. The summed E-state index contributed by atoms with van der Waals surface area (Å²) in [7, 11) is 0. The van der Waals surface area contributed by atoms with Gasteiger partial charge in [-0.15, -0.1) is 0 Å². The molecular weight excluding hydrogens is 351 g/mol. The van der Waals surface area contributed by atoms with E-state index in [0.29, 0.717) is 11.3 Å². The van der Waals surface area contributed by atoms with E-state index in [9.17, 15) is 4.79 Å². The van der Waals surface area contributed by atoms with Gasteiger partial charge in [-0.05, 0) is 72.3 Å². The molecule has 19 heavy (non-hydrogen) atoms. The predicted molar refractivity (Wildman–Crippen MR) is 87.4 cm³/mol. The number of benzene rings is 2. The van der Waals surface area contributed by atoms with Gasteiger partial charge in [0.1, 0.15) is 0 Å². The smallest absolute Gasteiger partial charge is 0.257 e. The van der Waals surface area contributed by atoms with Gasteiger partial charge >= 0.3 is 0 Å². The second kappa shape index (κ2) is 5.61. The van der Waals surface area contributed by atoms with Crippen LogP contribution in [0.2, 0.25) is 0 Å². The van der Waals surface area contributed by atoms with Gasteiger partial charge in [0, 0.05) is 14.9 Å². The second-order valence-electron chi connectivity index (χ2n) is 4.50. The number of carbonyl (C=O) groups is 1. The molecule has 0 saturated carbocycles. The average Bonchev–Trinajstić information content (AvgIpc) is 2.35. The Hall–Kier alpha value is -1.56. The van der Waals surface area contributed by atoms with Crippen molar-refractivity contribution in [2.45, 2.75) is 13.8 Å². The van der Waals surface area contributed by atoms with Crippen molar-refractivity contribution in [3.63, 3.8) is 0 Å². The van der Waals surface area contributed by atoms with Crippen molar-refractivity contribution in [3.8, 4) is 0 Å². The van der Waals surface area contributed by atoms with Crippen molar-refractivity contribution in [1.29, 1.82) is 0 Å². The maximum absolute atomic E-state index is 12.2. The lowest BCUT2D eigenvalue weighted by Gasteiger charge is -2.10. The van der Waals surface area contributed by atoms with Crippen LogP contribution in [0.15, 0.2) is 36.4 Å². The molecule has 3 nitrogen and oxygen atoms in total. The first-order chi connectivity index (χ1) is 8.97. The van der Waals surface area contributed by atoms with Crippen molar-refractivity contribution >= 4 is 39.9 Å². The molecule has 2 rings (SSSR count). The average molecular weight is 366 g/mol. The Labute approximate surface area is 126 Å². The second-order valence-corrected chi connectivity index (χ2v) is 5.75. The highest BCUT2D eigenvalue weighted by molar-refractivity contribution is 14.1. The van der Waals surface area contributed by atoms with Crippen LogP contribution in [-0.2, 0) is 0 Å². The van der Waals surface area contributed by atoms with Gasteiger partial charge < -0.3 is 11.1 Å². The maximum atomic E-state index is 12.2. The van der Waals surface area contributed by atoms with Crippen molar-refractivity contribution in [1.82, 2.24) is 0 Å². The molecule has 3 N–H and O–H groups in total. The van der Waals surface area contributed by atoms with E-state index in [4.69, 9.17) is 5.73 Å². The van der Waals surface area contributed by atoms with Crippen molar-refractivity contribution < 1.29 is 4.79 Å². The fourth-order valence-corrected chi connectivity index (χ4v) is 2.47. The van der Waals surface area contributed by atoms with Crippen LogP contribution in [-0.4, -0.2) is 5.91 Å². The molecular formula is C15H15IN2O. The summed E-state index contributed by atoms with van der Waals surface area (Å²) in [5.74, 6) is -0.175. The summed E-state index contributed by atoms with van der Waals surface area (Å²) < 4.78 is 1.14. The molecule has 0 aromatic heterocycles. The fraction of sp³-hybridized carbons (Fsp3) is 0.133. The zero-order valence-electron chi connectivity index (χ0n) is 10.8. The van der Waals surface area contributed by atoms with Gasteiger partial charge in [0.2, 0.25) is 0 Å². The quantitative estimate of drug-likeness (QED) is 0.629. The first-order valence-corrected chi connectivity index (χ1v) is 6.99. The minimum absolute atomic E-state index is 0.175. The molecule has 2 aromatic rings. The number of aryl methyl sites for hydroxylation is 2. The Balaban J connectivity index is 2.28. The largest absolute Gasteiger partial charge is 0.398 e. The third-order valence-electron chi connectivity index (χ3n) is 2.89. The number of anilines is 2. The molecule has 0 aliphatic carbocycles. The maximum Gasteiger partial charge on any atom is 0.257 e. The Kier molecular flexibility index (Phi) is 4.09. The Bertz CT molecular complexity index is 638. The zero-order valence-corrected chi connectivity index (χ0v) is 13.0. The Morgan fingerprint density at radius 3 is 2.58 bits per heavy atom. The van der Waals surface area contributed by atoms with E-state index in [1.807, 2.05) is 38.1 Å². The van der Waals surface area contributed by atoms with Gasteiger partial charge in [-0.3, -0.25) is 4.79 Å². The van der Waals surface area contributed by atoms with Crippen LogP contribution in [0.25, 0.3) is 0 Å². The van der Waals surface area contributed by atoms with Crippen molar-refractivity contribution in [2.24, 2.45) is 0 Å². The van der Waals surface area contributed by atoms with E-state index in [1.54, 1.807) is 12.1 Å². The molecule has 0 radical (unpaired) electrons. The minimum Gasteiger partial charge on any atom is -0.398 e. The topological polar surface area (TPSA) is 55.1 Å². The number of rotatable bonds is 2. The molecule has 0 bridgehead atoms. The SMILES string of the molecule is Cc1ccc(N)c(C(=O)Nc2ccc(I)cc2C)c1. The predicted octanol–water partition coefficient (Wildman–Crippen LogP) is 3.74. The summed E-state index contributed by atoms with van der Waals surface area (Å²) in [6.07, 6.45) is 0. The highest BCUT2D eigenvalue weighted by Crippen LogP contribution is 2.20. The van der Waals surface area contributed by atoms with E-state index in [0.717, 1.165) is 20.4 Å². The molecule has 2 aromatic carbocycles. The van der Waals surface area contributed by atoms with Crippen molar-refractivity contribution in [2.75, 3.05) is 11.1 Å². The van der Waals surface area contributed by atoms with Gasteiger partial charge in [-0.1, -0.05) is 11.6 Å². The summed E-state index contributed by atoms with van der Waals surface area (Å²) in [5.41, 5.74) is 9.71. The van der Waals surface area contributed by atoms with Crippen LogP contribution in [0, 0.1) is 17.4 Å². The first-order valence-electron chi connectivity index (χ1n) is 5.91. The van der Waals surface area contributed by atoms with Gasteiger partial charge in [0.15, 0.2) is 0 Å². The first kappa shape index (κ1) is 13.9. The van der Waals surface area contributed by atoms with E-state index >= 15 is 0 Å². The normalized spacial score (nSPS) is 10.3. The molecule has 0 spiro atoms. The number of hydrogen-bond donors (Lipinski definition) is 2. The third-order valence-corrected chi connectivity index (χ3v) is 3.56. The number of nitrogens with one attached hydrogen (secondary N) is 1. The van der Waals surface area contributed by atoms with E-state index in [2.05, 4.69) is 27.9 Å². The Morgan fingerprint density at radius 2 is 1.89 bits per heavy atom. The highest BCUT2D eigenvalue weighted by atomic mass is 127. The standard InChI is InChI=1S/C15H15IN2O/c1-9-3-5-13(17)12(7-9)15(19)18-14-6-4-11(16)8-10(14)2/h3-8H,17H2,1-2H3,(H,18,19). The summed E-state index contributed by atoms with van der Waals surface area (Å²) in [5, 5.41) is 2.90. The fourth-order valence-electron chi connectivity index (χ4n) is 1.82. The molecule has 0 saturated heterocycles. The Morgan fingerprint density at radius 1 is 1.16 bits per heavy atom. The molecule has 0 atom stereocenters. The van der Waals surface area contributed by atoms with Gasteiger partial charge in [-0.2, -0.15) is 0 Å². The van der Waals surface area contributed by atoms with Crippen LogP contribution in [0.5, 0.6) is 0 Å². The number of nitrogen functional groups attached to an aromatic ring is 1. The molecule has 0 unspecified atom stereocenters. The molecule has 98 valence electrons. The van der Waals surface area contributed by atoms with Crippen LogP contribution in [0.1, 0.15) is 21.5 Å². The molecule has 0 aliphatic rings. The summed E-state index contributed by atoms with van der Waals surface area (Å²) in [4.78, 5) is 12.2. The van der Waals surface area contributed by atoms with Crippen LogP contribution < -0.4 is 11.1 Å². The lowest BCUT2D eigenvalue weighted by Crippen LogP contribution is -2.15. The highest BCUT2D eigenvalue weighted by Gasteiger charge is 2.11. The van der Waals surface area contributed by atoms with E-state index in [1.165, 1.54) is 0 Å². The van der Waals surface area contributed by atoms with Crippen LogP contribution in [0.4, 0.5) is 11.4 Å². The number of carbonyl (C=O) groups excluding carboxylic acids is 1. The summed E-state index contributed by atoms with van der Waals surface area (Å²) >= 11 is 2.24. The van der Waals surface area contributed by atoms with E-state index < -0.39 is 0 Å². The van der Waals surface area contributed by atoms with Crippen LogP contribution in [0.3, 0.4) is 0 Å².